The third-order valence-corrected chi connectivity index (χ3v) is 1.95. The van der Waals surface area contributed by atoms with Gasteiger partial charge in [0.1, 0.15) is 6.07 Å². The van der Waals surface area contributed by atoms with Crippen LogP contribution in [0.2, 0.25) is 0 Å². The average molecular weight is 204 g/mol. The average Bonchev–Trinajstić information content (AvgIpc) is 2.17. The van der Waals surface area contributed by atoms with Crippen LogP contribution in [0.5, 0.6) is 0 Å². The first-order valence-electron chi connectivity index (χ1n) is 4.60. The van der Waals surface area contributed by atoms with Crippen LogP contribution >= 0.6 is 0 Å². The van der Waals surface area contributed by atoms with Gasteiger partial charge < -0.3 is 10.4 Å². The molecule has 1 aromatic rings. The van der Waals surface area contributed by atoms with Crippen molar-refractivity contribution in [2.24, 2.45) is 0 Å². The Hall–Kier alpha value is -2.02. The lowest BCUT2D eigenvalue weighted by Crippen LogP contribution is -2.08. The largest absolute Gasteiger partial charge is 0.481 e. The zero-order valence-corrected chi connectivity index (χ0v) is 8.45. The second kappa shape index (κ2) is 5.01. The molecule has 0 bridgehead atoms. The van der Waals surface area contributed by atoms with Gasteiger partial charge in [-0.15, -0.1) is 0 Å². The number of aryl methyl sites for hydroxylation is 1. The van der Waals surface area contributed by atoms with E-state index < -0.39 is 5.97 Å². The number of nitrogens with zero attached hydrogens (tertiary/aromatic N) is 1. The highest BCUT2D eigenvalue weighted by molar-refractivity contribution is 5.68. The second-order valence-corrected chi connectivity index (χ2v) is 3.23. The van der Waals surface area contributed by atoms with Gasteiger partial charge in [0, 0.05) is 6.54 Å². The molecule has 0 saturated carbocycles. The molecule has 0 saturated heterocycles. The fourth-order valence-electron chi connectivity index (χ4n) is 1.21. The zero-order chi connectivity index (χ0) is 11.3. The van der Waals surface area contributed by atoms with E-state index in [1.54, 1.807) is 6.07 Å². The Kier molecular flexibility index (Phi) is 3.69. The van der Waals surface area contributed by atoms with Gasteiger partial charge in [-0.2, -0.15) is 5.26 Å². The predicted octanol–water partition coefficient (Wildman–Crippen LogP) is 1.75. The molecule has 78 valence electrons. The van der Waals surface area contributed by atoms with Crippen molar-refractivity contribution < 1.29 is 9.90 Å². The first kappa shape index (κ1) is 11.1. The first-order chi connectivity index (χ1) is 7.13. The Balaban J connectivity index is 2.71. The van der Waals surface area contributed by atoms with E-state index >= 15 is 0 Å². The Bertz CT molecular complexity index is 408. The maximum Gasteiger partial charge on any atom is 0.305 e. The third kappa shape index (κ3) is 3.31. The van der Waals surface area contributed by atoms with Crippen LogP contribution in [0, 0.1) is 18.3 Å². The van der Waals surface area contributed by atoms with E-state index in [0.29, 0.717) is 17.8 Å². The van der Waals surface area contributed by atoms with E-state index in [0.717, 1.165) is 5.56 Å². The summed E-state index contributed by atoms with van der Waals surface area (Å²) in [6.45, 7) is 2.25. The number of nitrogens with one attached hydrogen (secondary N) is 1. The fraction of sp³-hybridized carbons (Fsp3) is 0.273. The first-order valence-corrected chi connectivity index (χ1v) is 4.60. The summed E-state index contributed by atoms with van der Waals surface area (Å²) in [6.07, 6.45) is 0.0405. The number of benzene rings is 1. The molecule has 0 aliphatic heterocycles. The number of rotatable bonds is 4. The van der Waals surface area contributed by atoms with Crippen LogP contribution in [-0.4, -0.2) is 17.6 Å². The highest BCUT2D eigenvalue weighted by atomic mass is 16.4. The molecule has 0 radical (unpaired) electrons. The standard InChI is InChI=1S/C11H12N2O2/c1-8-2-3-9(7-12)10(6-8)13-5-4-11(14)15/h2-3,6,13H,4-5H2,1H3,(H,14,15). The minimum absolute atomic E-state index is 0.0405. The van der Waals surface area contributed by atoms with Gasteiger partial charge in [0.25, 0.3) is 0 Å². The lowest BCUT2D eigenvalue weighted by Gasteiger charge is -2.07. The SMILES string of the molecule is Cc1ccc(C#N)c(NCCC(=O)O)c1. The fourth-order valence-corrected chi connectivity index (χ4v) is 1.21. The summed E-state index contributed by atoms with van der Waals surface area (Å²) < 4.78 is 0. The molecule has 0 amide bonds. The van der Waals surface area contributed by atoms with Gasteiger partial charge in [-0.3, -0.25) is 4.79 Å². The van der Waals surface area contributed by atoms with Crippen molar-refractivity contribution in [1.29, 1.82) is 5.26 Å². The van der Waals surface area contributed by atoms with Crippen LogP contribution in [0.25, 0.3) is 0 Å². The molecular formula is C11H12N2O2. The van der Waals surface area contributed by atoms with Crippen molar-refractivity contribution in [1.82, 2.24) is 0 Å². The molecule has 0 unspecified atom stereocenters. The van der Waals surface area contributed by atoms with Crippen LogP contribution in [0.15, 0.2) is 18.2 Å². The number of anilines is 1. The minimum atomic E-state index is -0.853. The van der Waals surface area contributed by atoms with Gasteiger partial charge >= 0.3 is 5.97 Å². The monoisotopic (exact) mass is 204 g/mol. The highest BCUT2D eigenvalue weighted by Crippen LogP contribution is 2.16. The molecule has 2 N–H and O–H groups in total. The lowest BCUT2D eigenvalue weighted by molar-refractivity contribution is -0.136. The number of carboxylic acid groups (broad SMARTS) is 1. The van der Waals surface area contributed by atoms with E-state index in [2.05, 4.69) is 11.4 Å². The lowest BCUT2D eigenvalue weighted by atomic mass is 10.1. The third-order valence-electron chi connectivity index (χ3n) is 1.95. The molecule has 0 aromatic heterocycles. The smallest absolute Gasteiger partial charge is 0.305 e. The molecule has 0 spiro atoms. The quantitative estimate of drug-likeness (QED) is 0.783. The topological polar surface area (TPSA) is 73.1 Å². The van der Waals surface area contributed by atoms with Crippen LogP contribution in [0.1, 0.15) is 17.5 Å². The van der Waals surface area contributed by atoms with Gasteiger partial charge in [0.05, 0.1) is 17.7 Å². The highest BCUT2D eigenvalue weighted by Gasteiger charge is 2.02. The van der Waals surface area contributed by atoms with Gasteiger partial charge in [-0.25, -0.2) is 0 Å². The molecule has 1 aromatic carbocycles. The van der Waals surface area contributed by atoms with Crippen molar-refractivity contribution >= 4 is 11.7 Å². The van der Waals surface area contributed by atoms with Crippen LogP contribution in [0.3, 0.4) is 0 Å². The molecule has 0 aliphatic rings. The number of nitriles is 1. The van der Waals surface area contributed by atoms with Crippen molar-refractivity contribution in [3.63, 3.8) is 0 Å². The summed E-state index contributed by atoms with van der Waals surface area (Å²) in [5.41, 5.74) is 2.26. The number of carboxylic acids is 1. The summed E-state index contributed by atoms with van der Waals surface area (Å²) in [5, 5.41) is 20.2. The number of hydrogen-bond donors (Lipinski definition) is 2. The maximum atomic E-state index is 10.3. The molecular weight excluding hydrogens is 192 g/mol. The van der Waals surface area contributed by atoms with Gasteiger partial charge in [0.2, 0.25) is 0 Å². The molecule has 1 rings (SSSR count). The number of hydrogen-bond acceptors (Lipinski definition) is 3. The van der Waals surface area contributed by atoms with Crippen LogP contribution in [0.4, 0.5) is 5.69 Å². The maximum absolute atomic E-state index is 10.3. The normalized spacial score (nSPS) is 9.33. The van der Waals surface area contributed by atoms with E-state index in [-0.39, 0.29) is 6.42 Å². The second-order valence-electron chi connectivity index (χ2n) is 3.23. The van der Waals surface area contributed by atoms with Gasteiger partial charge in [-0.1, -0.05) is 6.07 Å². The van der Waals surface area contributed by atoms with E-state index in [1.165, 1.54) is 0 Å². The molecule has 0 heterocycles. The van der Waals surface area contributed by atoms with E-state index in [1.807, 2.05) is 19.1 Å². The summed E-state index contributed by atoms with van der Waals surface area (Å²) in [4.78, 5) is 10.3. The molecule has 0 aliphatic carbocycles. The van der Waals surface area contributed by atoms with E-state index in [4.69, 9.17) is 10.4 Å². The summed E-state index contributed by atoms with van der Waals surface area (Å²) in [5.74, 6) is -0.853. The van der Waals surface area contributed by atoms with Gasteiger partial charge in [0.15, 0.2) is 0 Å². The van der Waals surface area contributed by atoms with Crippen LogP contribution in [-0.2, 0) is 4.79 Å². The van der Waals surface area contributed by atoms with Gasteiger partial charge in [-0.05, 0) is 24.6 Å². The molecule has 0 atom stereocenters. The summed E-state index contributed by atoms with van der Waals surface area (Å²) >= 11 is 0. The zero-order valence-electron chi connectivity index (χ0n) is 8.45. The van der Waals surface area contributed by atoms with Crippen LogP contribution < -0.4 is 5.32 Å². The molecule has 0 fully saturated rings. The summed E-state index contributed by atoms with van der Waals surface area (Å²) in [7, 11) is 0. The Labute approximate surface area is 88.2 Å². The molecule has 15 heavy (non-hydrogen) atoms. The van der Waals surface area contributed by atoms with Crippen molar-refractivity contribution in [3.05, 3.63) is 29.3 Å². The minimum Gasteiger partial charge on any atom is -0.481 e. The predicted molar refractivity (Wildman–Crippen MR) is 56.6 cm³/mol. The molecule has 4 nitrogen and oxygen atoms in total. The number of aliphatic carboxylic acids is 1. The van der Waals surface area contributed by atoms with Crippen molar-refractivity contribution in [2.75, 3.05) is 11.9 Å². The molecule has 4 heteroatoms. The Morgan fingerprint density at radius 2 is 2.33 bits per heavy atom. The summed E-state index contributed by atoms with van der Waals surface area (Å²) in [6, 6.07) is 7.45. The van der Waals surface area contributed by atoms with Crippen molar-refractivity contribution in [3.8, 4) is 6.07 Å². The Morgan fingerprint density at radius 1 is 1.60 bits per heavy atom. The number of carbonyl (C=O) groups is 1. The van der Waals surface area contributed by atoms with Crippen molar-refractivity contribution in [2.45, 2.75) is 13.3 Å². The Morgan fingerprint density at radius 3 is 2.93 bits per heavy atom. The van der Waals surface area contributed by atoms with E-state index in [9.17, 15) is 4.79 Å².